The number of hydrogen-bond donors (Lipinski definition) is 0. The first kappa shape index (κ1) is 37.0. The molecule has 0 amide bonds. The van der Waals surface area contributed by atoms with Crippen molar-refractivity contribution in [3.05, 3.63) is 92.2 Å². The van der Waals surface area contributed by atoms with Gasteiger partial charge in [0.25, 0.3) is 0 Å². The van der Waals surface area contributed by atoms with Gasteiger partial charge in [0.15, 0.2) is 0 Å². The second-order valence-electron chi connectivity index (χ2n) is 9.95. The third-order valence-electron chi connectivity index (χ3n) is 6.68. The Morgan fingerprint density at radius 3 is 1.86 bits per heavy atom. The first-order valence-corrected chi connectivity index (χ1v) is 14.3. The van der Waals surface area contributed by atoms with Crippen molar-refractivity contribution in [1.82, 2.24) is 4.90 Å². The summed E-state index contributed by atoms with van der Waals surface area (Å²) >= 11 is 1.84. The van der Waals surface area contributed by atoms with E-state index in [0.717, 1.165) is 31.2 Å². The van der Waals surface area contributed by atoms with Crippen LogP contribution in [0.25, 0.3) is 0 Å². The zero-order valence-electron chi connectivity index (χ0n) is 24.7. The van der Waals surface area contributed by atoms with E-state index in [9.17, 15) is 31.1 Å². The number of ketones is 1. The lowest BCUT2D eigenvalue weighted by Gasteiger charge is -2.14. The van der Waals surface area contributed by atoms with Gasteiger partial charge in [0, 0.05) is 9.75 Å². The number of carbonyl (C=O) groups is 2. The molecule has 2 heterocycles. The van der Waals surface area contributed by atoms with Crippen LogP contribution in [0.5, 0.6) is 0 Å². The zero-order valence-corrected chi connectivity index (χ0v) is 25.5. The van der Waals surface area contributed by atoms with E-state index in [4.69, 9.17) is 4.79 Å². The molecule has 4 rings (SSSR count). The van der Waals surface area contributed by atoms with Crippen molar-refractivity contribution in [1.29, 1.82) is 0 Å². The maximum atomic E-state index is 13.0. The molecule has 1 aliphatic heterocycles. The van der Waals surface area contributed by atoms with Crippen molar-refractivity contribution in [2.24, 2.45) is 0 Å². The summed E-state index contributed by atoms with van der Waals surface area (Å²) in [6.07, 6.45) is -5.86. The van der Waals surface area contributed by atoms with Crippen LogP contribution in [0.4, 0.5) is 26.3 Å². The molecule has 1 saturated heterocycles. The summed E-state index contributed by atoms with van der Waals surface area (Å²) in [6, 6.07) is 13.5. The zero-order chi connectivity index (χ0) is 32.1. The van der Waals surface area contributed by atoms with Gasteiger partial charge in [-0.15, -0.1) is 11.3 Å². The van der Waals surface area contributed by atoms with Gasteiger partial charge in [-0.1, -0.05) is 37.3 Å². The maximum absolute atomic E-state index is 13.0. The van der Waals surface area contributed by atoms with Crippen molar-refractivity contribution in [3.8, 4) is 0 Å². The number of likely N-dealkylation sites (N-methyl/N-ethyl adjacent to an activating group) is 1. The van der Waals surface area contributed by atoms with Gasteiger partial charge < -0.3 is 4.79 Å². The lowest BCUT2D eigenvalue weighted by atomic mass is 9.97. The second-order valence-corrected chi connectivity index (χ2v) is 11.4. The Bertz CT molecular complexity index is 1240. The van der Waals surface area contributed by atoms with E-state index in [-0.39, 0.29) is 30.9 Å². The van der Waals surface area contributed by atoms with Crippen molar-refractivity contribution >= 4 is 23.9 Å². The van der Waals surface area contributed by atoms with Gasteiger partial charge in [-0.3, -0.25) is 9.69 Å². The molecule has 3 aromatic rings. The predicted octanol–water partition coefficient (Wildman–Crippen LogP) is 8.92. The number of nitrogens with zero attached hydrogens (tertiary/aromatic N) is 1. The highest BCUT2D eigenvalue weighted by molar-refractivity contribution is 7.11. The average molecular weight is 616 g/mol. The van der Waals surface area contributed by atoms with Crippen molar-refractivity contribution in [2.45, 2.75) is 78.2 Å². The molecule has 1 aliphatic rings. The Labute approximate surface area is 248 Å². The number of likely N-dealkylation sites (tertiary alicyclic amines) is 1. The molecule has 0 aliphatic carbocycles. The highest BCUT2D eigenvalue weighted by Gasteiger charge is 2.33. The highest BCUT2D eigenvalue weighted by atomic mass is 32.1. The molecule has 232 valence electrons. The van der Waals surface area contributed by atoms with Crippen LogP contribution in [0, 0.1) is 13.8 Å². The van der Waals surface area contributed by atoms with Gasteiger partial charge in [0.2, 0.25) is 0 Å². The summed E-state index contributed by atoms with van der Waals surface area (Å²) in [7, 11) is 2.01. The van der Waals surface area contributed by atoms with Gasteiger partial charge >= 0.3 is 12.4 Å². The Balaban J connectivity index is 0.000000396. The van der Waals surface area contributed by atoms with Gasteiger partial charge in [-0.25, -0.2) is 0 Å². The quantitative estimate of drug-likeness (QED) is 0.269. The second kappa shape index (κ2) is 17.2. The van der Waals surface area contributed by atoms with E-state index in [1.807, 2.05) is 25.2 Å². The minimum atomic E-state index is -4.43. The molecule has 3 nitrogen and oxygen atoms in total. The van der Waals surface area contributed by atoms with E-state index in [1.54, 1.807) is 26.0 Å². The molecule has 0 bridgehead atoms. The van der Waals surface area contributed by atoms with Crippen molar-refractivity contribution in [2.75, 3.05) is 13.6 Å². The topological polar surface area (TPSA) is 37.4 Å². The number of carbonyl (C=O) groups excluding carboxylic acids is 2. The van der Waals surface area contributed by atoms with Gasteiger partial charge in [-0.05, 0) is 107 Å². The Morgan fingerprint density at radius 1 is 0.905 bits per heavy atom. The molecule has 2 aromatic carbocycles. The summed E-state index contributed by atoms with van der Waals surface area (Å²) < 4.78 is 77.1. The summed E-state index contributed by atoms with van der Waals surface area (Å²) in [4.78, 5) is 23.7. The molecule has 0 N–H and O–H groups in total. The molecule has 0 spiro atoms. The van der Waals surface area contributed by atoms with Crippen LogP contribution in [-0.2, 0) is 41.2 Å². The highest BCUT2D eigenvalue weighted by Crippen LogP contribution is 2.33. The molecule has 1 unspecified atom stereocenters. The van der Waals surface area contributed by atoms with Crippen molar-refractivity contribution in [3.63, 3.8) is 0 Å². The van der Waals surface area contributed by atoms with Crippen LogP contribution in [-0.4, -0.2) is 37.1 Å². The summed E-state index contributed by atoms with van der Waals surface area (Å²) in [5.74, 6) is 0.315. The van der Waals surface area contributed by atoms with Crippen LogP contribution >= 0.6 is 11.3 Å². The molecule has 10 heteroatoms. The molecule has 0 radical (unpaired) electrons. The number of thiophene rings is 1. The minimum Gasteiger partial charge on any atom is -0.307 e. The number of alkyl halides is 6. The molecular weight excluding hydrogens is 576 g/mol. The van der Waals surface area contributed by atoms with Crippen LogP contribution in [0.2, 0.25) is 0 Å². The minimum absolute atomic E-state index is 0.213. The van der Waals surface area contributed by atoms with Gasteiger partial charge in [-0.2, -0.15) is 26.3 Å². The Morgan fingerprint density at radius 2 is 1.48 bits per heavy atom. The monoisotopic (exact) mass is 615 g/mol. The largest absolute Gasteiger partial charge is 0.416 e. The fourth-order valence-corrected chi connectivity index (χ4v) is 5.30. The predicted molar refractivity (Wildman–Crippen MR) is 157 cm³/mol. The van der Waals surface area contributed by atoms with E-state index < -0.39 is 23.5 Å². The molecule has 42 heavy (non-hydrogen) atoms. The summed E-state index contributed by atoms with van der Waals surface area (Å²) in [6.45, 7) is 10.7. The lowest BCUT2D eigenvalue weighted by Crippen LogP contribution is -2.30. The number of benzene rings is 2. The van der Waals surface area contributed by atoms with Crippen LogP contribution < -0.4 is 0 Å². The number of halogens is 6. The Hall–Kier alpha value is -2.98. The lowest BCUT2D eigenvalue weighted by molar-refractivity contribution is -0.138. The van der Waals surface area contributed by atoms with Crippen LogP contribution in [0.3, 0.4) is 0 Å². The van der Waals surface area contributed by atoms with Gasteiger partial charge in [0.05, 0.1) is 17.2 Å². The van der Waals surface area contributed by atoms with E-state index in [0.29, 0.717) is 16.9 Å². The number of rotatable bonds is 5. The van der Waals surface area contributed by atoms with Crippen molar-refractivity contribution < 1.29 is 35.9 Å². The molecule has 1 aromatic heterocycles. The number of aryl methyl sites for hydroxylation is 5. The van der Waals surface area contributed by atoms with E-state index >= 15 is 0 Å². The number of hydrogen-bond acceptors (Lipinski definition) is 4. The molecule has 0 saturated carbocycles. The molecule has 1 atom stereocenters. The van der Waals surface area contributed by atoms with E-state index in [1.165, 1.54) is 28.3 Å². The molecule has 1 fully saturated rings. The normalized spacial score (nSPS) is 15.0. The summed E-state index contributed by atoms with van der Waals surface area (Å²) in [5, 5.41) is 0. The van der Waals surface area contributed by atoms with Gasteiger partial charge in [0.1, 0.15) is 12.6 Å². The molecular formula is C32H39F6NO2S. The Kier molecular flexibility index (Phi) is 15.2. The summed E-state index contributed by atoms with van der Waals surface area (Å²) in [5.41, 5.74) is -0.316. The fourth-order valence-electron chi connectivity index (χ4n) is 4.52. The third kappa shape index (κ3) is 12.5. The first-order valence-electron chi connectivity index (χ1n) is 13.5. The van der Waals surface area contributed by atoms with Crippen LogP contribution in [0.15, 0.2) is 54.6 Å². The fraction of sp³-hybridized carbons (Fsp3) is 0.438. The number of Topliss-reactive ketones (excluding diaryl/α,β-unsaturated/α-hetero) is 1. The van der Waals surface area contributed by atoms with Crippen LogP contribution in [0.1, 0.15) is 64.3 Å². The van der Waals surface area contributed by atoms with E-state index in [2.05, 4.69) is 30.9 Å². The SMILES string of the molecule is C=O.CC(=O)C1CCCN1C.CCc1ccc(CCc2cccc(C(F)(F)F)c2)cc1C(F)(F)F.Cc1ccc(C)s1. The average Bonchev–Trinajstić information content (AvgIpc) is 3.55. The standard InChI is InChI=1S/C18H16F6.C7H13NO.C6H8S.CH2O/c1-2-14-9-8-13(11-16(14)18(22,23)24)7-6-12-4-3-5-15(10-12)17(19,20)21;1-6(9)7-4-3-5-8(7)2;1-5-3-4-6(2)7-5;1-2/h3-5,8-11H,2,6-7H2,1H3;7H,3-5H2,1-2H3;3-4H,1-2H3;1H2. The smallest absolute Gasteiger partial charge is 0.307 e. The maximum Gasteiger partial charge on any atom is 0.416 e. The third-order valence-corrected chi connectivity index (χ3v) is 7.60. The first-order chi connectivity index (χ1) is 19.6.